The lowest BCUT2D eigenvalue weighted by Crippen LogP contribution is -2.16. The van der Waals surface area contributed by atoms with Crippen LogP contribution in [0.15, 0.2) is 30.5 Å². The first-order chi connectivity index (χ1) is 9.90. The van der Waals surface area contributed by atoms with Gasteiger partial charge in [-0.25, -0.2) is 9.37 Å². The average molecular weight is 314 g/mol. The number of halogens is 3. The molecular formula is C12H6ClF2N3O3. The van der Waals surface area contributed by atoms with Gasteiger partial charge in [0.2, 0.25) is 5.82 Å². The Morgan fingerprint density at radius 2 is 2.05 bits per heavy atom. The third-order valence-corrected chi connectivity index (χ3v) is 2.69. The van der Waals surface area contributed by atoms with E-state index in [1.807, 2.05) is 0 Å². The van der Waals surface area contributed by atoms with Crippen LogP contribution in [0.4, 0.5) is 20.2 Å². The highest BCUT2D eigenvalue weighted by Gasteiger charge is 2.26. The van der Waals surface area contributed by atoms with Gasteiger partial charge in [0.25, 0.3) is 5.91 Å². The third-order valence-electron chi connectivity index (χ3n) is 2.48. The van der Waals surface area contributed by atoms with Crippen LogP contribution in [0.3, 0.4) is 0 Å². The van der Waals surface area contributed by atoms with Crippen LogP contribution in [-0.4, -0.2) is 15.8 Å². The van der Waals surface area contributed by atoms with E-state index >= 15 is 0 Å². The molecule has 0 bridgehead atoms. The van der Waals surface area contributed by atoms with Crippen LogP contribution in [-0.2, 0) is 0 Å². The van der Waals surface area contributed by atoms with Gasteiger partial charge < -0.3 is 5.32 Å². The van der Waals surface area contributed by atoms with Crippen LogP contribution >= 0.6 is 11.6 Å². The summed E-state index contributed by atoms with van der Waals surface area (Å²) in [5.74, 6) is -3.93. The minimum atomic E-state index is -1.54. The van der Waals surface area contributed by atoms with E-state index in [2.05, 4.69) is 10.3 Å². The van der Waals surface area contributed by atoms with Crippen LogP contribution in [0.5, 0.6) is 0 Å². The minimum Gasteiger partial charge on any atom is -0.322 e. The molecule has 0 aliphatic carbocycles. The number of rotatable bonds is 3. The second-order valence-corrected chi connectivity index (χ2v) is 4.22. The molecule has 6 nitrogen and oxygen atoms in total. The number of nitrogens with one attached hydrogen (secondary N) is 1. The highest BCUT2D eigenvalue weighted by molar-refractivity contribution is 6.29. The monoisotopic (exact) mass is 313 g/mol. The van der Waals surface area contributed by atoms with Crippen molar-refractivity contribution in [2.75, 3.05) is 5.32 Å². The number of amides is 1. The maximum absolute atomic E-state index is 13.8. The summed E-state index contributed by atoms with van der Waals surface area (Å²) in [5.41, 5.74) is -1.89. The number of hydrogen-bond donors (Lipinski definition) is 1. The number of hydrogen-bond acceptors (Lipinski definition) is 4. The quantitative estimate of drug-likeness (QED) is 0.536. The van der Waals surface area contributed by atoms with Crippen LogP contribution in [0.25, 0.3) is 0 Å². The fourth-order valence-corrected chi connectivity index (χ4v) is 1.74. The molecule has 108 valence electrons. The van der Waals surface area contributed by atoms with Crippen molar-refractivity contribution in [3.05, 3.63) is 62.9 Å². The molecule has 0 radical (unpaired) electrons. The molecule has 2 aromatic rings. The number of anilines is 1. The fraction of sp³-hybridized carbons (Fsp3) is 0. The van der Waals surface area contributed by atoms with Crippen molar-refractivity contribution in [3.63, 3.8) is 0 Å². The number of carbonyl (C=O) groups is 1. The molecule has 21 heavy (non-hydrogen) atoms. The van der Waals surface area contributed by atoms with Crippen molar-refractivity contribution in [1.29, 1.82) is 0 Å². The Labute approximate surface area is 121 Å². The van der Waals surface area contributed by atoms with E-state index in [4.69, 9.17) is 11.6 Å². The number of nitro benzene ring substituents is 1. The molecule has 1 aromatic heterocycles. The largest absolute Gasteiger partial charge is 0.322 e. The normalized spacial score (nSPS) is 10.2. The summed E-state index contributed by atoms with van der Waals surface area (Å²) >= 11 is 5.60. The number of benzene rings is 1. The summed E-state index contributed by atoms with van der Waals surface area (Å²) in [6.45, 7) is 0. The summed E-state index contributed by atoms with van der Waals surface area (Å²) in [7, 11) is 0. The summed E-state index contributed by atoms with van der Waals surface area (Å²) in [6, 6.07) is 3.89. The van der Waals surface area contributed by atoms with Crippen molar-refractivity contribution in [3.8, 4) is 0 Å². The van der Waals surface area contributed by atoms with Gasteiger partial charge in [-0.2, -0.15) is 4.39 Å². The van der Waals surface area contributed by atoms with Gasteiger partial charge in [-0.15, -0.1) is 0 Å². The standard InChI is InChI=1S/C12H6ClF2N3O3/c13-9-5-6(3-4-16-9)17-12(19)10-7(14)1-2-8(11(10)15)18(20)21/h1-5H,(H,16,17,19). The Morgan fingerprint density at radius 3 is 2.67 bits per heavy atom. The first kappa shape index (κ1) is 14.8. The predicted octanol–water partition coefficient (Wildman–Crippen LogP) is 3.17. The molecule has 1 amide bonds. The van der Waals surface area contributed by atoms with E-state index in [-0.39, 0.29) is 10.8 Å². The molecule has 0 atom stereocenters. The SMILES string of the molecule is O=C(Nc1ccnc(Cl)c1)c1c(F)ccc([N+](=O)[O-])c1F. The van der Waals surface area contributed by atoms with Crippen molar-refractivity contribution in [2.45, 2.75) is 0 Å². The van der Waals surface area contributed by atoms with Crippen LogP contribution in [0.1, 0.15) is 10.4 Å². The molecular weight excluding hydrogens is 308 g/mol. The van der Waals surface area contributed by atoms with Crippen LogP contribution < -0.4 is 5.32 Å². The smallest absolute Gasteiger partial charge is 0.305 e. The Balaban J connectivity index is 2.39. The zero-order chi connectivity index (χ0) is 15.6. The number of nitro groups is 1. The Morgan fingerprint density at radius 1 is 1.33 bits per heavy atom. The summed E-state index contributed by atoms with van der Waals surface area (Å²) in [4.78, 5) is 25.1. The maximum Gasteiger partial charge on any atom is 0.305 e. The zero-order valence-corrected chi connectivity index (χ0v) is 10.9. The van der Waals surface area contributed by atoms with E-state index < -0.39 is 33.7 Å². The lowest BCUT2D eigenvalue weighted by Gasteiger charge is -2.07. The molecule has 1 aromatic carbocycles. The molecule has 0 unspecified atom stereocenters. The molecule has 0 fully saturated rings. The molecule has 9 heteroatoms. The molecule has 1 N–H and O–H groups in total. The van der Waals surface area contributed by atoms with Gasteiger partial charge in [0.1, 0.15) is 16.5 Å². The van der Waals surface area contributed by atoms with Crippen LogP contribution in [0.2, 0.25) is 5.15 Å². The first-order valence-corrected chi connectivity index (χ1v) is 5.83. The number of pyridine rings is 1. The molecule has 0 saturated heterocycles. The lowest BCUT2D eigenvalue weighted by molar-refractivity contribution is -0.387. The highest BCUT2D eigenvalue weighted by Crippen LogP contribution is 2.24. The van der Waals surface area contributed by atoms with Crippen molar-refractivity contribution >= 4 is 28.9 Å². The number of carbonyl (C=O) groups excluding carboxylic acids is 1. The van der Waals surface area contributed by atoms with E-state index in [0.717, 1.165) is 0 Å². The second-order valence-electron chi connectivity index (χ2n) is 3.83. The molecule has 0 spiro atoms. The van der Waals surface area contributed by atoms with Gasteiger partial charge in [0.15, 0.2) is 0 Å². The van der Waals surface area contributed by atoms with Gasteiger partial charge in [-0.3, -0.25) is 14.9 Å². The zero-order valence-electron chi connectivity index (χ0n) is 10.1. The molecule has 1 heterocycles. The van der Waals surface area contributed by atoms with E-state index in [9.17, 15) is 23.7 Å². The topological polar surface area (TPSA) is 85.1 Å². The van der Waals surface area contributed by atoms with Gasteiger partial charge in [0.05, 0.1) is 4.92 Å². The highest BCUT2D eigenvalue weighted by atomic mass is 35.5. The summed E-state index contributed by atoms with van der Waals surface area (Å²) in [6.07, 6.45) is 1.28. The average Bonchev–Trinajstić information content (AvgIpc) is 2.38. The minimum absolute atomic E-state index is 0.0628. The van der Waals surface area contributed by atoms with Gasteiger partial charge in [-0.1, -0.05) is 11.6 Å². The van der Waals surface area contributed by atoms with Crippen LogP contribution in [0, 0.1) is 21.7 Å². The van der Waals surface area contributed by atoms with Crippen molar-refractivity contribution in [1.82, 2.24) is 4.98 Å². The van der Waals surface area contributed by atoms with Crippen molar-refractivity contribution in [2.24, 2.45) is 0 Å². The van der Waals surface area contributed by atoms with Gasteiger partial charge in [0, 0.05) is 18.0 Å². The fourth-order valence-electron chi connectivity index (χ4n) is 1.56. The molecule has 0 aliphatic rings. The van der Waals surface area contributed by atoms with E-state index in [1.165, 1.54) is 18.3 Å². The summed E-state index contributed by atoms with van der Waals surface area (Å²) in [5, 5.41) is 12.8. The Hall–Kier alpha value is -2.61. The third kappa shape index (κ3) is 3.11. The lowest BCUT2D eigenvalue weighted by atomic mass is 10.1. The maximum atomic E-state index is 13.8. The van der Waals surface area contributed by atoms with E-state index in [0.29, 0.717) is 12.1 Å². The van der Waals surface area contributed by atoms with E-state index in [1.54, 1.807) is 0 Å². The summed E-state index contributed by atoms with van der Waals surface area (Å²) < 4.78 is 27.4. The second kappa shape index (κ2) is 5.80. The molecule has 0 aliphatic heterocycles. The number of aromatic nitrogens is 1. The van der Waals surface area contributed by atoms with Gasteiger partial charge in [-0.05, 0) is 18.2 Å². The Kier molecular flexibility index (Phi) is 4.08. The molecule has 2 rings (SSSR count). The predicted molar refractivity (Wildman–Crippen MR) is 70.2 cm³/mol. The first-order valence-electron chi connectivity index (χ1n) is 5.45. The van der Waals surface area contributed by atoms with Gasteiger partial charge >= 0.3 is 5.69 Å². The van der Waals surface area contributed by atoms with Crippen molar-refractivity contribution < 1.29 is 18.5 Å². The molecule has 0 saturated carbocycles. The number of nitrogens with zero attached hydrogens (tertiary/aromatic N) is 2. The Bertz CT molecular complexity index is 740.